The first kappa shape index (κ1) is 20.0. The number of carbonyl (C=O) groups is 2. The van der Waals surface area contributed by atoms with Crippen LogP contribution in [-0.4, -0.2) is 11.1 Å². The Morgan fingerprint density at radius 2 is 1.57 bits per heavy atom. The van der Waals surface area contributed by atoms with E-state index < -0.39 is 0 Å². The summed E-state index contributed by atoms with van der Waals surface area (Å²) in [7, 11) is 0. The molecule has 4 rings (SSSR count). The van der Waals surface area contributed by atoms with Crippen molar-refractivity contribution in [1.29, 1.82) is 0 Å². The van der Waals surface area contributed by atoms with Crippen LogP contribution in [0.25, 0.3) is 6.08 Å². The summed E-state index contributed by atoms with van der Waals surface area (Å²) >= 11 is 0.951. The fraction of sp³-hybridized carbons (Fsp3) is 0.120. The Kier molecular flexibility index (Phi) is 5.72. The monoisotopic (exact) mass is 415 g/mol. The summed E-state index contributed by atoms with van der Waals surface area (Å²) in [5.74, 6) is 0.405. The summed E-state index contributed by atoms with van der Waals surface area (Å²) in [4.78, 5) is 26.9. The molecule has 3 aromatic rings. The number of imide groups is 1. The molecule has 0 N–H and O–H groups in total. The van der Waals surface area contributed by atoms with Crippen molar-refractivity contribution in [2.24, 2.45) is 0 Å². The number of ether oxygens (including phenoxy) is 1. The first-order chi connectivity index (χ1) is 14.5. The minimum atomic E-state index is -0.306. The summed E-state index contributed by atoms with van der Waals surface area (Å²) in [6, 6.07) is 23.0. The lowest BCUT2D eigenvalue weighted by Crippen LogP contribution is -2.27. The zero-order valence-electron chi connectivity index (χ0n) is 16.8. The number of anilines is 1. The Morgan fingerprint density at radius 3 is 2.27 bits per heavy atom. The number of amides is 2. The van der Waals surface area contributed by atoms with E-state index in [4.69, 9.17) is 4.74 Å². The third-order valence-corrected chi connectivity index (χ3v) is 5.64. The van der Waals surface area contributed by atoms with E-state index in [9.17, 15) is 9.59 Å². The SMILES string of the molecule is Cc1ccc(COc2cccc(/C=C3\SC(=O)N(c4ccc(C)cc4)C3=O)c2)cc1. The van der Waals surface area contributed by atoms with E-state index in [1.165, 1.54) is 10.5 Å². The summed E-state index contributed by atoms with van der Waals surface area (Å²) in [6.45, 7) is 4.48. The van der Waals surface area contributed by atoms with Crippen LogP contribution in [0.4, 0.5) is 10.5 Å². The lowest BCUT2D eigenvalue weighted by Gasteiger charge is -2.12. The molecule has 1 saturated heterocycles. The Labute approximate surface area is 180 Å². The molecule has 2 amide bonds. The van der Waals surface area contributed by atoms with E-state index in [-0.39, 0.29) is 11.1 Å². The van der Waals surface area contributed by atoms with Gasteiger partial charge >= 0.3 is 0 Å². The maximum atomic E-state index is 12.8. The van der Waals surface area contributed by atoms with Crippen molar-refractivity contribution in [3.63, 3.8) is 0 Å². The van der Waals surface area contributed by atoms with Gasteiger partial charge in [0, 0.05) is 0 Å². The molecule has 0 unspecified atom stereocenters. The molecule has 150 valence electrons. The van der Waals surface area contributed by atoms with Crippen molar-refractivity contribution in [2.75, 3.05) is 4.90 Å². The number of carbonyl (C=O) groups excluding carboxylic acids is 2. The number of rotatable bonds is 5. The van der Waals surface area contributed by atoms with Crippen molar-refractivity contribution in [3.05, 3.63) is 100.0 Å². The Bertz CT molecular complexity index is 1120. The van der Waals surface area contributed by atoms with Crippen molar-refractivity contribution in [3.8, 4) is 5.75 Å². The third-order valence-electron chi connectivity index (χ3n) is 4.77. The van der Waals surface area contributed by atoms with Gasteiger partial charge in [0.25, 0.3) is 11.1 Å². The average molecular weight is 416 g/mol. The van der Waals surface area contributed by atoms with E-state index in [1.807, 2.05) is 55.5 Å². The van der Waals surface area contributed by atoms with Crippen LogP contribution in [0.1, 0.15) is 22.3 Å². The third kappa shape index (κ3) is 4.47. The van der Waals surface area contributed by atoms with Crippen LogP contribution in [0.3, 0.4) is 0 Å². The van der Waals surface area contributed by atoms with Gasteiger partial charge in [-0.05, 0) is 67.1 Å². The molecular formula is C25H21NO3S. The van der Waals surface area contributed by atoms with Crippen LogP contribution in [0.2, 0.25) is 0 Å². The van der Waals surface area contributed by atoms with Gasteiger partial charge in [0.1, 0.15) is 12.4 Å². The van der Waals surface area contributed by atoms with E-state index in [0.717, 1.165) is 28.5 Å². The zero-order chi connectivity index (χ0) is 21.1. The fourth-order valence-corrected chi connectivity index (χ4v) is 3.92. The molecular weight excluding hydrogens is 394 g/mol. The molecule has 4 nitrogen and oxygen atoms in total. The van der Waals surface area contributed by atoms with Crippen molar-refractivity contribution in [1.82, 2.24) is 0 Å². The average Bonchev–Trinajstić information content (AvgIpc) is 3.02. The van der Waals surface area contributed by atoms with E-state index in [2.05, 4.69) is 19.1 Å². The molecule has 0 radical (unpaired) electrons. The zero-order valence-corrected chi connectivity index (χ0v) is 17.6. The van der Waals surface area contributed by atoms with Gasteiger partial charge in [0.15, 0.2) is 0 Å². The van der Waals surface area contributed by atoms with Gasteiger partial charge in [0.05, 0.1) is 10.6 Å². The van der Waals surface area contributed by atoms with Gasteiger partial charge in [-0.2, -0.15) is 0 Å². The van der Waals surface area contributed by atoms with Crippen LogP contribution >= 0.6 is 11.8 Å². The molecule has 0 aliphatic carbocycles. The quantitative estimate of drug-likeness (QED) is 0.471. The first-order valence-corrected chi connectivity index (χ1v) is 10.4. The molecule has 1 heterocycles. The van der Waals surface area contributed by atoms with Gasteiger partial charge < -0.3 is 4.74 Å². The molecule has 0 aromatic heterocycles. The standard InChI is InChI=1S/C25H21NO3S/c1-17-6-10-19(11-7-17)16-29-22-5-3-4-20(14-22)15-23-24(27)26(25(28)30-23)21-12-8-18(2)9-13-21/h3-15H,16H2,1-2H3/b23-15-. The van der Waals surface area contributed by atoms with E-state index in [1.54, 1.807) is 18.2 Å². The van der Waals surface area contributed by atoms with Crippen molar-refractivity contribution in [2.45, 2.75) is 20.5 Å². The minimum absolute atomic E-state index is 0.290. The molecule has 1 aliphatic rings. The number of nitrogens with zero attached hydrogens (tertiary/aromatic N) is 1. The van der Waals surface area contributed by atoms with Gasteiger partial charge in [-0.3, -0.25) is 9.59 Å². The molecule has 3 aromatic carbocycles. The number of benzene rings is 3. The maximum Gasteiger partial charge on any atom is 0.298 e. The van der Waals surface area contributed by atoms with E-state index >= 15 is 0 Å². The minimum Gasteiger partial charge on any atom is -0.489 e. The molecule has 1 aliphatic heterocycles. The molecule has 1 fully saturated rings. The molecule has 0 saturated carbocycles. The number of aryl methyl sites for hydroxylation is 2. The normalized spacial score (nSPS) is 15.1. The summed E-state index contributed by atoms with van der Waals surface area (Å²) in [6.07, 6.45) is 1.73. The number of hydrogen-bond donors (Lipinski definition) is 0. The second-order valence-corrected chi connectivity index (χ2v) is 8.19. The number of thioether (sulfide) groups is 1. The van der Waals surface area contributed by atoms with Gasteiger partial charge in [-0.25, -0.2) is 4.90 Å². The highest BCUT2D eigenvalue weighted by Gasteiger charge is 2.36. The lowest BCUT2D eigenvalue weighted by atomic mass is 10.1. The van der Waals surface area contributed by atoms with Gasteiger partial charge in [0.2, 0.25) is 0 Å². The van der Waals surface area contributed by atoms with Gasteiger partial charge in [-0.1, -0.05) is 59.7 Å². The Hall–Kier alpha value is -3.31. The van der Waals surface area contributed by atoms with Crippen LogP contribution in [0.5, 0.6) is 5.75 Å². The smallest absolute Gasteiger partial charge is 0.298 e. The maximum absolute atomic E-state index is 12.8. The molecule has 5 heteroatoms. The molecule has 0 bridgehead atoms. The predicted octanol–water partition coefficient (Wildman–Crippen LogP) is 6.12. The molecule has 0 atom stereocenters. The van der Waals surface area contributed by atoms with Crippen molar-refractivity contribution < 1.29 is 14.3 Å². The Morgan fingerprint density at radius 1 is 0.900 bits per heavy atom. The predicted molar refractivity (Wildman–Crippen MR) is 122 cm³/mol. The van der Waals surface area contributed by atoms with Crippen LogP contribution in [0.15, 0.2) is 77.7 Å². The second kappa shape index (κ2) is 8.59. The lowest BCUT2D eigenvalue weighted by molar-refractivity contribution is -0.113. The van der Waals surface area contributed by atoms with Crippen molar-refractivity contribution >= 4 is 34.7 Å². The van der Waals surface area contributed by atoms with Crippen LogP contribution < -0.4 is 9.64 Å². The van der Waals surface area contributed by atoms with Crippen LogP contribution in [-0.2, 0) is 11.4 Å². The highest BCUT2D eigenvalue weighted by molar-refractivity contribution is 8.19. The molecule has 30 heavy (non-hydrogen) atoms. The first-order valence-electron chi connectivity index (χ1n) is 9.63. The van der Waals surface area contributed by atoms with Crippen LogP contribution in [0, 0.1) is 13.8 Å². The highest BCUT2D eigenvalue weighted by atomic mass is 32.2. The largest absolute Gasteiger partial charge is 0.489 e. The number of hydrogen-bond acceptors (Lipinski definition) is 4. The summed E-state index contributed by atoms with van der Waals surface area (Å²) in [5, 5.41) is -0.290. The topological polar surface area (TPSA) is 46.6 Å². The Balaban J connectivity index is 1.49. The van der Waals surface area contributed by atoms with Gasteiger partial charge in [-0.15, -0.1) is 0 Å². The highest BCUT2D eigenvalue weighted by Crippen LogP contribution is 2.36. The summed E-state index contributed by atoms with van der Waals surface area (Å²) < 4.78 is 5.89. The fourth-order valence-electron chi connectivity index (χ4n) is 3.08. The summed E-state index contributed by atoms with van der Waals surface area (Å²) in [5.41, 5.74) is 4.77. The molecule has 0 spiro atoms. The van der Waals surface area contributed by atoms with E-state index in [0.29, 0.717) is 22.9 Å². The second-order valence-electron chi connectivity index (χ2n) is 7.20.